The largest absolute Gasteiger partial charge is 0.353 e. The molecule has 0 amide bonds. The van der Waals surface area contributed by atoms with Gasteiger partial charge in [0.15, 0.2) is 0 Å². The number of fused-ring (bicyclic) bond motifs is 1. The predicted octanol–water partition coefficient (Wildman–Crippen LogP) is 4.73. The molecule has 0 saturated heterocycles. The molecular weight excluding hydrogens is 239 g/mol. The van der Waals surface area contributed by atoms with Gasteiger partial charge in [-0.15, -0.1) is 13.2 Å². The zero-order valence-corrected chi connectivity index (χ0v) is 11.0. The zero-order valence-electron chi connectivity index (χ0n) is 11.0. The van der Waals surface area contributed by atoms with E-state index >= 15 is 0 Å². The molecule has 0 unspecified atom stereocenters. The van der Waals surface area contributed by atoms with Gasteiger partial charge in [0.2, 0.25) is 0 Å². The molecule has 3 heteroatoms. The average molecular weight is 256 g/mol. The second kappa shape index (κ2) is 6.50. The first kappa shape index (κ1) is 14.6. The Morgan fingerprint density at radius 1 is 1.37 bits per heavy atom. The normalized spacial score (nSPS) is 11.3. The quantitative estimate of drug-likeness (QED) is 0.467. The first-order valence-corrected chi connectivity index (χ1v) is 5.75. The summed E-state index contributed by atoms with van der Waals surface area (Å²) in [4.78, 5) is 7.08. The fourth-order valence-corrected chi connectivity index (χ4v) is 1.76. The van der Waals surface area contributed by atoms with Gasteiger partial charge in [-0.1, -0.05) is 18.7 Å². The molecule has 1 N–H and O–H groups in total. The molecule has 0 bridgehead atoms. The number of aliphatic imine (C=N–C) groups is 1. The molecule has 0 saturated carbocycles. The molecule has 0 atom stereocenters. The van der Waals surface area contributed by atoms with Crippen LogP contribution < -0.4 is 0 Å². The van der Waals surface area contributed by atoms with Crippen LogP contribution in [0.3, 0.4) is 0 Å². The number of aromatic nitrogens is 1. The number of rotatable bonds is 3. The third-order valence-electron chi connectivity index (χ3n) is 2.70. The summed E-state index contributed by atoms with van der Waals surface area (Å²) in [5.41, 5.74) is 3.08. The minimum atomic E-state index is -0.246. The van der Waals surface area contributed by atoms with Crippen molar-refractivity contribution in [2.75, 3.05) is 0 Å². The number of nitrogens with one attached hydrogen (secondary N) is 1. The highest BCUT2D eigenvalue weighted by Gasteiger charge is 2.09. The summed E-state index contributed by atoms with van der Waals surface area (Å²) in [5, 5.41) is 0.556. The first-order chi connectivity index (χ1) is 9.17. The van der Waals surface area contributed by atoms with E-state index in [1.807, 2.05) is 13.0 Å². The standard InChI is InChI=1S/C14H13FN2.C2H4/c1-4-9(2)14(16-3)13-8-10-11(15)6-5-7-12(10)17-13;1-2/h4-8,17H,1,3H2,2H3;1-2H2/b14-9-;. The summed E-state index contributed by atoms with van der Waals surface area (Å²) < 4.78 is 13.5. The maximum Gasteiger partial charge on any atom is 0.132 e. The molecule has 0 aliphatic carbocycles. The van der Waals surface area contributed by atoms with E-state index in [0.29, 0.717) is 11.1 Å². The summed E-state index contributed by atoms with van der Waals surface area (Å²) >= 11 is 0. The van der Waals surface area contributed by atoms with E-state index in [1.54, 1.807) is 18.2 Å². The lowest BCUT2D eigenvalue weighted by atomic mass is 10.1. The minimum absolute atomic E-state index is 0.246. The molecule has 1 heterocycles. The number of halogens is 1. The smallest absolute Gasteiger partial charge is 0.132 e. The van der Waals surface area contributed by atoms with Gasteiger partial charge in [0, 0.05) is 10.9 Å². The Kier molecular flexibility index (Phi) is 5.01. The molecule has 0 aliphatic rings. The zero-order chi connectivity index (χ0) is 14.4. The summed E-state index contributed by atoms with van der Waals surface area (Å²) in [6.07, 6.45) is 1.70. The van der Waals surface area contributed by atoms with Crippen molar-refractivity contribution >= 4 is 23.3 Å². The Morgan fingerprint density at radius 2 is 2.05 bits per heavy atom. The first-order valence-electron chi connectivity index (χ1n) is 5.75. The van der Waals surface area contributed by atoms with Crippen LogP contribution in [0.1, 0.15) is 12.6 Å². The van der Waals surface area contributed by atoms with Gasteiger partial charge >= 0.3 is 0 Å². The van der Waals surface area contributed by atoms with Gasteiger partial charge < -0.3 is 4.98 Å². The Hall–Kier alpha value is -2.42. The van der Waals surface area contributed by atoms with Gasteiger partial charge in [0.1, 0.15) is 5.82 Å². The molecule has 19 heavy (non-hydrogen) atoms. The molecule has 0 aliphatic heterocycles. The van der Waals surface area contributed by atoms with Crippen LogP contribution in [-0.4, -0.2) is 11.7 Å². The van der Waals surface area contributed by atoms with E-state index < -0.39 is 0 Å². The van der Waals surface area contributed by atoms with Crippen molar-refractivity contribution in [3.8, 4) is 0 Å². The van der Waals surface area contributed by atoms with E-state index in [0.717, 1.165) is 16.8 Å². The van der Waals surface area contributed by atoms with Gasteiger partial charge in [0.25, 0.3) is 0 Å². The third kappa shape index (κ3) is 2.88. The van der Waals surface area contributed by atoms with Crippen molar-refractivity contribution in [2.45, 2.75) is 6.92 Å². The number of hydrogen-bond acceptors (Lipinski definition) is 1. The Morgan fingerprint density at radius 3 is 2.58 bits per heavy atom. The Balaban J connectivity index is 0.000000861. The van der Waals surface area contributed by atoms with Gasteiger partial charge in [-0.3, -0.25) is 4.99 Å². The van der Waals surface area contributed by atoms with Crippen LogP contribution in [-0.2, 0) is 0 Å². The van der Waals surface area contributed by atoms with Crippen LogP contribution in [0.5, 0.6) is 0 Å². The van der Waals surface area contributed by atoms with Crippen LogP contribution in [0.15, 0.2) is 60.6 Å². The van der Waals surface area contributed by atoms with Crippen molar-refractivity contribution in [1.29, 1.82) is 0 Å². The van der Waals surface area contributed by atoms with Gasteiger partial charge in [-0.25, -0.2) is 4.39 Å². The van der Waals surface area contributed by atoms with E-state index in [-0.39, 0.29) is 5.82 Å². The lowest BCUT2D eigenvalue weighted by molar-refractivity contribution is 0.640. The molecule has 0 fully saturated rings. The second-order valence-corrected chi connectivity index (χ2v) is 3.78. The van der Waals surface area contributed by atoms with Crippen molar-refractivity contribution in [2.24, 2.45) is 4.99 Å². The highest BCUT2D eigenvalue weighted by atomic mass is 19.1. The van der Waals surface area contributed by atoms with Crippen molar-refractivity contribution in [3.63, 3.8) is 0 Å². The molecule has 2 nitrogen and oxygen atoms in total. The third-order valence-corrected chi connectivity index (χ3v) is 2.70. The molecule has 1 aromatic heterocycles. The predicted molar refractivity (Wildman–Crippen MR) is 81.9 cm³/mol. The molecule has 0 radical (unpaired) electrons. The van der Waals surface area contributed by atoms with E-state index in [1.165, 1.54) is 6.07 Å². The number of allylic oxidation sites excluding steroid dienone is 2. The summed E-state index contributed by atoms with van der Waals surface area (Å²) in [6.45, 7) is 15.1. The van der Waals surface area contributed by atoms with E-state index in [4.69, 9.17) is 0 Å². The van der Waals surface area contributed by atoms with Crippen molar-refractivity contribution < 1.29 is 4.39 Å². The molecule has 1 aromatic carbocycles. The minimum Gasteiger partial charge on any atom is -0.353 e. The number of aromatic amines is 1. The van der Waals surface area contributed by atoms with Crippen molar-refractivity contribution in [3.05, 3.63) is 67.2 Å². The number of hydrogen-bond donors (Lipinski definition) is 1. The highest BCUT2D eigenvalue weighted by Crippen LogP contribution is 2.25. The fraction of sp³-hybridized carbons (Fsp3) is 0.0625. The highest BCUT2D eigenvalue weighted by molar-refractivity contribution is 5.86. The Bertz CT molecular complexity index is 635. The van der Waals surface area contributed by atoms with E-state index in [9.17, 15) is 4.39 Å². The number of benzene rings is 1. The van der Waals surface area contributed by atoms with Gasteiger partial charge in [0.05, 0.1) is 11.4 Å². The monoisotopic (exact) mass is 256 g/mol. The second-order valence-electron chi connectivity index (χ2n) is 3.78. The molecule has 98 valence electrons. The van der Waals surface area contributed by atoms with Crippen LogP contribution in [0.25, 0.3) is 16.6 Å². The van der Waals surface area contributed by atoms with Gasteiger partial charge in [-0.05, 0) is 37.4 Å². The number of nitrogens with zero attached hydrogens (tertiary/aromatic N) is 1. The van der Waals surface area contributed by atoms with Crippen LogP contribution in [0.4, 0.5) is 4.39 Å². The maximum atomic E-state index is 13.5. The van der Waals surface area contributed by atoms with Gasteiger partial charge in [-0.2, -0.15) is 0 Å². The lowest BCUT2D eigenvalue weighted by Gasteiger charge is -2.00. The maximum absolute atomic E-state index is 13.5. The molecule has 2 aromatic rings. The SMILES string of the molecule is C=C.C=C/C(C)=C(\N=C)c1cc2c(F)cccc2[nH]1. The average Bonchev–Trinajstić information content (AvgIpc) is 2.87. The molecule has 0 spiro atoms. The topological polar surface area (TPSA) is 28.1 Å². The summed E-state index contributed by atoms with van der Waals surface area (Å²) in [6, 6.07) is 6.67. The lowest BCUT2D eigenvalue weighted by Crippen LogP contribution is -1.83. The van der Waals surface area contributed by atoms with Crippen molar-refractivity contribution in [1.82, 2.24) is 4.98 Å². The number of H-pyrrole nitrogens is 1. The fourth-order valence-electron chi connectivity index (χ4n) is 1.76. The summed E-state index contributed by atoms with van der Waals surface area (Å²) in [7, 11) is 0. The molecule has 2 rings (SSSR count). The van der Waals surface area contributed by atoms with Crippen LogP contribution in [0, 0.1) is 5.82 Å². The van der Waals surface area contributed by atoms with Crippen LogP contribution >= 0.6 is 0 Å². The van der Waals surface area contributed by atoms with E-state index in [2.05, 4.69) is 36.4 Å². The Labute approximate surface area is 112 Å². The van der Waals surface area contributed by atoms with Crippen LogP contribution in [0.2, 0.25) is 0 Å². The summed E-state index contributed by atoms with van der Waals surface area (Å²) in [5.74, 6) is -0.246. The molecular formula is C16H17FN2.